The zero-order valence-electron chi connectivity index (χ0n) is 11.7. The van der Waals surface area contributed by atoms with Gasteiger partial charge in [-0.05, 0) is 43.5 Å². The van der Waals surface area contributed by atoms with Gasteiger partial charge in [0.25, 0.3) is 0 Å². The van der Waals surface area contributed by atoms with Gasteiger partial charge < -0.3 is 22.1 Å². The van der Waals surface area contributed by atoms with E-state index in [1.54, 1.807) is 24.3 Å². The first-order chi connectivity index (χ1) is 9.60. The second-order valence-corrected chi connectivity index (χ2v) is 5.09. The highest BCUT2D eigenvalue weighted by molar-refractivity contribution is 5.94. The summed E-state index contributed by atoms with van der Waals surface area (Å²) >= 11 is 0. The van der Waals surface area contributed by atoms with Gasteiger partial charge in [0.15, 0.2) is 0 Å². The maximum Gasteiger partial charge on any atom is 0.316 e. The van der Waals surface area contributed by atoms with Crippen molar-refractivity contribution in [2.24, 2.45) is 23.3 Å². The van der Waals surface area contributed by atoms with E-state index in [0.29, 0.717) is 17.9 Å². The smallest absolute Gasteiger partial charge is 0.316 e. The predicted molar refractivity (Wildman–Crippen MR) is 85.4 cm³/mol. The Bertz CT molecular complexity index is 510. The molecule has 21 heavy (non-hydrogen) atoms. The summed E-state index contributed by atoms with van der Waals surface area (Å²) in [4.78, 5) is 23.0. The van der Waals surface area contributed by atoms with E-state index in [9.17, 15) is 9.59 Å². The van der Waals surface area contributed by atoms with Crippen LogP contribution in [0.4, 0.5) is 16.2 Å². The lowest BCUT2D eigenvalue weighted by atomic mass is 9.95. The lowest BCUT2D eigenvalue weighted by Gasteiger charge is -2.17. The van der Waals surface area contributed by atoms with Crippen LogP contribution in [0.2, 0.25) is 0 Å². The Morgan fingerprint density at radius 2 is 1.86 bits per heavy atom. The number of benzene rings is 1. The summed E-state index contributed by atoms with van der Waals surface area (Å²) in [6.45, 7) is 0.543. The SMILES string of the molecule is Cl.NC[C@H]1CCC[C@H]1C(=O)Nc1cccc(NC(N)=O)c1. The third-order valence-corrected chi connectivity index (χ3v) is 3.70. The third-order valence-electron chi connectivity index (χ3n) is 3.70. The van der Waals surface area contributed by atoms with Crippen LogP contribution in [0.25, 0.3) is 0 Å². The molecule has 2 atom stereocenters. The first kappa shape index (κ1) is 17.3. The molecule has 1 aromatic rings. The molecule has 0 aromatic heterocycles. The summed E-state index contributed by atoms with van der Waals surface area (Å²) in [5.41, 5.74) is 11.9. The minimum absolute atomic E-state index is 0. The Labute approximate surface area is 130 Å². The highest BCUT2D eigenvalue weighted by Gasteiger charge is 2.31. The number of hydrogen-bond donors (Lipinski definition) is 4. The van der Waals surface area contributed by atoms with Crippen LogP contribution in [-0.4, -0.2) is 18.5 Å². The number of nitrogens with one attached hydrogen (secondary N) is 2. The highest BCUT2D eigenvalue weighted by atomic mass is 35.5. The van der Waals surface area contributed by atoms with Gasteiger partial charge in [0.2, 0.25) is 5.91 Å². The van der Waals surface area contributed by atoms with E-state index in [-0.39, 0.29) is 30.2 Å². The lowest BCUT2D eigenvalue weighted by molar-refractivity contribution is -0.120. The van der Waals surface area contributed by atoms with Gasteiger partial charge in [-0.1, -0.05) is 12.5 Å². The van der Waals surface area contributed by atoms with Crippen LogP contribution in [0.5, 0.6) is 0 Å². The van der Waals surface area contributed by atoms with Crippen molar-refractivity contribution < 1.29 is 9.59 Å². The Morgan fingerprint density at radius 1 is 1.19 bits per heavy atom. The van der Waals surface area contributed by atoms with Gasteiger partial charge in [0, 0.05) is 17.3 Å². The molecule has 1 fully saturated rings. The Balaban J connectivity index is 0.00000220. The molecule has 0 radical (unpaired) electrons. The second kappa shape index (κ2) is 7.85. The van der Waals surface area contributed by atoms with E-state index < -0.39 is 6.03 Å². The zero-order valence-corrected chi connectivity index (χ0v) is 12.5. The number of rotatable bonds is 4. The summed E-state index contributed by atoms with van der Waals surface area (Å²) in [5.74, 6) is 0.240. The molecule has 0 aliphatic heterocycles. The van der Waals surface area contributed by atoms with Crippen LogP contribution < -0.4 is 22.1 Å². The molecule has 7 heteroatoms. The van der Waals surface area contributed by atoms with Crippen molar-refractivity contribution in [3.8, 4) is 0 Å². The molecule has 0 heterocycles. The van der Waals surface area contributed by atoms with Gasteiger partial charge in [0.1, 0.15) is 0 Å². The minimum atomic E-state index is -0.632. The third kappa shape index (κ3) is 4.61. The first-order valence-electron chi connectivity index (χ1n) is 6.77. The topological polar surface area (TPSA) is 110 Å². The Kier molecular flexibility index (Phi) is 6.45. The maximum absolute atomic E-state index is 12.2. The van der Waals surface area contributed by atoms with Crippen molar-refractivity contribution in [2.45, 2.75) is 19.3 Å². The molecule has 0 spiro atoms. The summed E-state index contributed by atoms with van der Waals surface area (Å²) in [5, 5.41) is 5.35. The summed E-state index contributed by atoms with van der Waals surface area (Å²) < 4.78 is 0. The molecule has 0 unspecified atom stereocenters. The van der Waals surface area contributed by atoms with Crippen molar-refractivity contribution in [1.82, 2.24) is 0 Å². The molecule has 6 nitrogen and oxygen atoms in total. The molecular weight excluding hydrogens is 292 g/mol. The van der Waals surface area contributed by atoms with Crippen molar-refractivity contribution in [3.63, 3.8) is 0 Å². The van der Waals surface area contributed by atoms with Crippen LogP contribution in [0.1, 0.15) is 19.3 Å². The van der Waals surface area contributed by atoms with Crippen molar-refractivity contribution in [2.75, 3.05) is 17.2 Å². The first-order valence-corrected chi connectivity index (χ1v) is 6.77. The largest absolute Gasteiger partial charge is 0.351 e. The fourth-order valence-corrected chi connectivity index (χ4v) is 2.72. The molecule has 1 aliphatic carbocycles. The number of carbonyl (C=O) groups is 2. The highest BCUT2D eigenvalue weighted by Crippen LogP contribution is 2.32. The molecule has 0 saturated heterocycles. The molecule has 1 saturated carbocycles. The average molecular weight is 313 g/mol. The van der Waals surface area contributed by atoms with Gasteiger partial charge in [-0.15, -0.1) is 12.4 Å². The predicted octanol–water partition coefficient (Wildman–Crippen LogP) is 1.91. The Morgan fingerprint density at radius 3 is 2.48 bits per heavy atom. The molecule has 1 aromatic carbocycles. The second-order valence-electron chi connectivity index (χ2n) is 5.09. The van der Waals surface area contributed by atoms with E-state index in [1.807, 2.05) is 0 Å². The van der Waals surface area contributed by atoms with Crippen molar-refractivity contribution in [1.29, 1.82) is 0 Å². The number of primary amides is 1. The van der Waals surface area contributed by atoms with E-state index in [1.165, 1.54) is 0 Å². The molecule has 0 bridgehead atoms. The van der Waals surface area contributed by atoms with Crippen LogP contribution in [0.3, 0.4) is 0 Å². The van der Waals surface area contributed by atoms with Gasteiger partial charge in [-0.25, -0.2) is 4.79 Å². The summed E-state index contributed by atoms with van der Waals surface area (Å²) in [7, 11) is 0. The van der Waals surface area contributed by atoms with E-state index in [0.717, 1.165) is 19.3 Å². The standard InChI is InChI=1S/C14H20N4O2.ClH/c15-8-9-3-1-6-12(9)13(19)17-10-4-2-5-11(7-10)18-14(16)20;/h2,4-5,7,9,12H,1,3,6,8,15H2,(H,17,19)(H3,16,18,20);1H/t9-,12-;/m1./s1. The molecule has 1 aliphatic rings. The van der Waals surface area contributed by atoms with Crippen LogP contribution in [0.15, 0.2) is 24.3 Å². The minimum Gasteiger partial charge on any atom is -0.351 e. The fourth-order valence-electron chi connectivity index (χ4n) is 2.72. The van der Waals surface area contributed by atoms with Gasteiger partial charge in [-0.3, -0.25) is 4.79 Å². The van der Waals surface area contributed by atoms with Crippen molar-refractivity contribution >= 4 is 35.7 Å². The number of carbonyl (C=O) groups excluding carboxylic acids is 2. The van der Waals surface area contributed by atoms with E-state index in [2.05, 4.69) is 10.6 Å². The summed E-state index contributed by atoms with van der Waals surface area (Å²) in [6, 6.07) is 6.27. The molecule has 6 N–H and O–H groups in total. The Hall–Kier alpha value is -1.79. The fraction of sp³-hybridized carbons (Fsp3) is 0.429. The van der Waals surface area contributed by atoms with E-state index in [4.69, 9.17) is 11.5 Å². The van der Waals surface area contributed by atoms with Crippen LogP contribution in [0, 0.1) is 11.8 Å². The number of nitrogens with two attached hydrogens (primary N) is 2. The molecule has 116 valence electrons. The number of amides is 3. The molecule has 3 amide bonds. The lowest BCUT2D eigenvalue weighted by Crippen LogP contribution is -2.29. The van der Waals surface area contributed by atoms with Crippen LogP contribution >= 0.6 is 12.4 Å². The quantitative estimate of drug-likeness (QED) is 0.681. The zero-order chi connectivity index (χ0) is 14.5. The number of halogens is 1. The molecular formula is C14H21ClN4O2. The monoisotopic (exact) mass is 312 g/mol. The summed E-state index contributed by atoms with van der Waals surface area (Å²) in [6.07, 6.45) is 2.94. The van der Waals surface area contributed by atoms with Gasteiger partial charge in [-0.2, -0.15) is 0 Å². The van der Waals surface area contributed by atoms with Gasteiger partial charge >= 0.3 is 6.03 Å². The van der Waals surface area contributed by atoms with Crippen LogP contribution in [-0.2, 0) is 4.79 Å². The number of hydrogen-bond acceptors (Lipinski definition) is 3. The van der Waals surface area contributed by atoms with E-state index >= 15 is 0 Å². The van der Waals surface area contributed by atoms with Crippen molar-refractivity contribution in [3.05, 3.63) is 24.3 Å². The maximum atomic E-state index is 12.2. The number of urea groups is 1. The average Bonchev–Trinajstić information content (AvgIpc) is 2.86. The molecule has 2 rings (SSSR count). The normalized spacial score (nSPS) is 20.4. The number of anilines is 2. The van der Waals surface area contributed by atoms with Gasteiger partial charge in [0.05, 0.1) is 0 Å².